The summed E-state index contributed by atoms with van der Waals surface area (Å²) in [7, 11) is 0. The molecule has 0 amide bonds. The molecule has 0 saturated heterocycles. The van der Waals surface area contributed by atoms with Gasteiger partial charge in [0, 0.05) is 24.7 Å². The molecule has 0 atom stereocenters. The van der Waals surface area contributed by atoms with Crippen molar-refractivity contribution in [2.45, 2.75) is 57.8 Å². The number of aliphatic hydroxyl groups is 1. The van der Waals surface area contributed by atoms with E-state index in [1.807, 2.05) is 6.92 Å². The van der Waals surface area contributed by atoms with Gasteiger partial charge < -0.3 is 25.2 Å². The zero-order valence-electron chi connectivity index (χ0n) is 15.7. The van der Waals surface area contributed by atoms with E-state index in [0.717, 1.165) is 55.1 Å². The van der Waals surface area contributed by atoms with E-state index in [4.69, 9.17) is 9.47 Å². The van der Waals surface area contributed by atoms with Crippen LogP contribution in [-0.2, 0) is 17.8 Å². The number of fused-ring (bicyclic) bond motifs is 1. The summed E-state index contributed by atoms with van der Waals surface area (Å²) in [5, 5.41) is 16.3. The van der Waals surface area contributed by atoms with Gasteiger partial charge in [-0.05, 0) is 56.7 Å². The zero-order chi connectivity index (χ0) is 18.4. The Kier molecular flexibility index (Phi) is 9.04. The summed E-state index contributed by atoms with van der Waals surface area (Å²) < 4.78 is 24.6. The van der Waals surface area contributed by atoms with Gasteiger partial charge in [-0.1, -0.05) is 0 Å². The number of aliphatic hydroxyl groups excluding tert-OH is 1. The summed E-state index contributed by atoms with van der Waals surface area (Å²) in [6, 6.07) is 3.31. The summed E-state index contributed by atoms with van der Waals surface area (Å²) in [5.74, 6) is 1.22. The van der Waals surface area contributed by atoms with Crippen molar-refractivity contribution < 1.29 is 19.0 Å². The second kappa shape index (κ2) is 11.0. The molecule has 3 N–H and O–H groups in total. The van der Waals surface area contributed by atoms with Crippen LogP contribution in [0.15, 0.2) is 17.1 Å². The number of hydrogen-bond donors (Lipinski definition) is 3. The molecular weight excluding hydrogens is 464 g/mol. The lowest BCUT2D eigenvalue weighted by Crippen LogP contribution is -2.45. The summed E-state index contributed by atoms with van der Waals surface area (Å²) in [6.45, 7) is 3.91. The molecule has 1 aromatic rings. The maximum absolute atomic E-state index is 13.8. The molecule has 152 valence electrons. The van der Waals surface area contributed by atoms with E-state index in [0.29, 0.717) is 25.6 Å². The van der Waals surface area contributed by atoms with Crippen molar-refractivity contribution in [3.8, 4) is 5.75 Å². The van der Waals surface area contributed by atoms with Crippen LogP contribution < -0.4 is 15.4 Å². The van der Waals surface area contributed by atoms with Crippen LogP contribution in [0.5, 0.6) is 5.75 Å². The first-order chi connectivity index (χ1) is 12.7. The first kappa shape index (κ1) is 22.2. The van der Waals surface area contributed by atoms with Gasteiger partial charge in [0.25, 0.3) is 0 Å². The highest BCUT2D eigenvalue weighted by Crippen LogP contribution is 2.29. The van der Waals surface area contributed by atoms with Crippen molar-refractivity contribution in [3.05, 3.63) is 29.1 Å². The third kappa shape index (κ3) is 6.46. The molecule has 0 bridgehead atoms. The van der Waals surface area contributed by atoms with Crippen molar-refractivity contribution >= 4 is 29.9 Å². The fourth-order valence-electron chi connectivity index (χ4n) is 3.46. The number of benzene rings is 1. The fourth-order valence-corrected chi connectivity index (χ4v) is 3.46. The number of rotatable bonds is 5. The number of nitrogens with zero attached hydrogens (tertiary/aromatic N) is 1. The molecule has 2 aliphatic rings. The second-order valence-electron chi connectivity index (χ2n) is 6.82. The minimum atomic E-state index is -0.275. The highest BCUT2D eigenvalue weighted by Gasteiger charge is 2.20. The van der Waals surface area contributed by atoms with Crippen molar-refractivity contribution in [3.63, 3.8) is 0 Å². The third-order valence-electron chi connectivity index (χ3n) is 4.78. The Bertz CT molecular complexity index is 637. The molecular formula is C19H29FIN3O3. The van der Waals surface area contributed by atoms with Crippen molar-refractivity contribution in [2.24, 2.45) is 4.99 Å². The van der Waals surface area contributed by atoms with E-state index in [-0.39, 0.29) is 42.7 Å². The van der Waals surface area contributed by atoms with Gasteiger partial charge in [0.2, 0.25) is 0 Å². The number of aliphatic imine (C=N–C) groups is 1. The van der Waals surface area contributed by atoms with E-state index in [9.17, 15) is 9.50 Å². The first-order valence-electron chi connectivity index (χ1n) is 9.40. The van der Waals surface area contributed by atoms with E-state index < -0.39 is 0 Å². The Morgan fingerprint density at radius 1 is 1.30 bits per heavy atom. The van der Waals surface area contributed by atoms with Gasteiger partial charge in [0.05, 0.1) is 12.7 Å². The van der Waals surface area contributed by atoms with E-state index >= 15 is 0 Å². The smallest absolute Gasteiger partial charge is 0.191 e. The number of halogens is 2. The average molecular weight is 493 g/mol. The van der Waals surface area contributed by atoms with E-state index in [1.165, 1.54) is 12.1 Å². The van der Waals surface area contributed by atoms with Crippen molar-refractivity contribution in [1.29, 1.82) is 0 Å². The predicted octanol–water partition coefficient (Wildman–Crippen LogP) is 2.71. The van der Waals surface area contributed by atoms with E-state index in [1.54, 1.807) is 0 Å². The van der Waals surface area contributed by atoms with Gasteiger partial charge in [-0.25, -0.2) is 4.39 Å². The number of nitrogens with one attached hydrogen (secondary N) is 2. The summed E-state index contributed by atoms with van der Waals surface area (Å²) in [6.07, 6.45) is 3.96. The Balaban J connectivity index is 0.00000261. The monoisotopic (exact) mass is 493 g/mol. The van der Waals surface area contributed by atoms with Crippen LogP contribution in [0.2, 0.25) is 0 Å². The summed E-state index contributed by atoms with van der Waals surface area (Å²) >= 11 is 0. The molecule has 1 saturated carbocycles. The number of ether oxygens (including phenoxy) is 2. The Labute approximate surface area is 176 Å². The van der Waals surface area contributed by atoms with Gasteiger partial charge in [0.15, 0.2) is 12.8 Å². The lowest BCUT2D eigenvalue weighted by molar-refractivity contribution is -0.0172. The van der Waals surface area contributed by atoms with Gasteiger partial charge >= 0.3 is 0 Å². The van der Waals surface area contributed by atoms with Gasteiger partial charge in [-0.3, -0.25) is 4.99 Å². The maximum Gasteiger partial charge on any atom is 0.191 e. The van der Waals surface area contributed by atoms with Crippen LogP contribution in [-0.4, -0.2) is 43.1 Å². The van der Waals surface area contributed by atoms with Gasteiger partial charge in [0.1, 0.15) is 11.6 Å². The lowest BCUT2D eigenvalue weighted by atomic mass is 9.93. The Morgan fingerprint density at radius 2 is 2.07 bits per heavy atom. The third-order valence-corrected chi connectivity index (χ3v) is 4.78. The van der Waals surface area contributed by atoms with Crippen LogP contribution in [0.1, 0.15) is 43.7 Å². The molecule has 1 heterocycles. The average Bonchev–Trinajstić information content (AvgIpc) is 2.63. The van der Waals surface area contributed by atoms with Crippen LogP contribution in [0.4, 0.5) is 4.39 Å². The van der Waals surface area contributed by atoms with Crippen LogP contribution >= 0.6 is 24.0 Å². The maximum atomic E-state index is 13.8. The molecule has 0 unspecified atom stereocenters. The van der Waals surface area contributed by atoms with Crippen LogP contribution in [0, 0.1) is 5.82 Å². The summed E-state index contributed by atoms with van der Waals surface area (Å²) in [4.78, 5) is 4.62. The van der Waals surface area contributed by atoms with Crippen LogP contribution in [0.25, 0.3) is 0 Å². The van der Waals surface area contributed by atoms with Crippen molar-refractivity contribution in [2.75, 3.05) is 19.9 Å². The van der Waals surface area contributed by atoms with Gasteiger partial charge in [-0.2, -0.15) is 0 Å². The molecule has 27 heavy (non-hydrogen) atoms. The second-order valence-corrected chi connectivity index (χ2v) is 6.82. The lowest BCUT2D eigenvalue weighted by Gasteiger charge is -2.27. The van der Waals surface area contributed by atoms with Crippen molar-refractivity contribution in [1.82, 2.24) is 10.6 Å². The van der Waals surface area contributed by atoms with Gasteiger partial charge in [-0.15, -0.1) is 24.0 Å². The number of guanidine groups is 1. The first-order valence-corrected chi connectivity index (χ1v) is 9.40. The molecule has 8 heteroatoms. The normalized spacial score (nSPS) is 22.3. The largest absolute Gasteiger partial charge is 0.467 e. The molecule has 1 aliphatic carbocycles. The predicted molar refractivity (Wildman–Crippen MR) is 113 cm³/mol. The zero-order valence-corrected chi connectivity index (χ0v) is 18.0. The molecule has 3 rings (SSSR count). The van der Waals surface area contributed by atoms with Crippen LogP contribution in [0.3, 0.4) is 0 Å². The quantitative estimate of drug-likeness (QED) is 0.334. The SMILES string of the molecule is CCNC(=NCCc1cc(F)cc2c1OCOC2)NC1CCC(O)CC1.I. The molecule has 6 nitrogen and oxygen atoms in total. The fraction of sp³-hybridized carbons (Fsp3) is 0.632. The topological polar surface area (TPSA) is 75.1 Å². The Morgan fingerprint density at radius 3 is 2.81 bits per heavy atom. The molecule has 0 aromatic heterocycles. The number of hydrogen-bond acceptors (Lipinski definition) is 4. The summed E-state index contributed by atoms with van der Waals surface area (Å²) in [5.41, 5.74) is 1.57. The minimum Gasteiger partial charge on any atom is -0.467 e. The highest BCUT2D eigenvalue weighted by atomic mass is 127. The molecule has 1 aliphatic heterocycles. The highest BCUT2D eigenvalue weighted by molar-refractivity contribution is 14.0. The molecule has 1 fully saturated rings. The molecule has 0 spiro atoms. The standard InChI is InChI=1S/C19H28FN3O3.HI/c1-2-21-19(23-16-3-5-17(24)6-4-16)22-8-7-13-9-15(20)10-14-11-25-12-26-18(13)14;/h9-10,16-17,24H,2-8,11-12H2,1H3,(H2,21,22,23);1H. The Hall–Kier alpha value is -1.13. The molecule has 0 radical (unpaired) electrons. The molecule has 1 aromatic carbocycles. The van der Waals surface area contributed by atoms with E-state index in [2.05, 4.69) is 15.6 Å². The minimum absolute atomic E-state index is 0.